The quantitative estimate of drug-likeness (QED) is 0.904. The van der Waals surface area contributed by atoms with Crippen LogP contribution >= 0.6 is 0 Å². The predicted molar refractivity (Wildman–Crippen MR) is 92.5 cm³/mol. The average Bonchev–Trinajstić information content (AvgIpc) is 2.59. The molecular weight excluding hydrogens is 284 g/mol. The smallest absolute Gasteiger partial charge is 0.258 e. The lowest BCUT2D eigenvalue weighted by Crippen LogP contribution is -2.59. The first kappa shape index (κ1) is 14.3. The molecule has 0 aromatic heterocycles. The number of benzene rings is 2. The second kappa shape index (κ2) is 5.41. The Balaban J connectivity index is 1.92. The molecule has 0 fully saturated rings. The van der Waals surface area contributed by atoms with E-state index in [4.69, 9.17) is 0 Å². The molecular formula is C20H22N2O. The summed E-state index contributed by atoms with van der Waals surface area (Å²) in [5.41, 5.74) is 3.98. The molecule has 2 aromatic rings. The third-order valence-electron chi connectivity index (χ3n) is 5.10. The Kier molecular flexibility index (Phi) is 3.37. The fourth-order valence-corrected chi connectivity index (χ4v) is 4.12. The lowest BCUT2D eigenvalue weighted by Gasteiger charge is -2.51. The fourth-order valence-electron chi connectivity index (χ4n) is 4.12. The number of anilines is 1. The average molecular weight is 306 g/mol. The van der Waals surface area contributed by atoms with E-state index in [0.29, 0.717) is 0 Å². The molecule has 1 N–H and O–H groups in total. The van der Waals surface area contributed by atoms with Gasteiger partial charge < -0.3 is 10.2 Å². The summed E-state index contributed by atoms with van der Waals surface area (Å²) in [5, 5.41) is 3.74. The van der Waals surface area contributed by atoms with E-state index < -0.39 is 5.66 Å². The topological polar surface area (TPSA) is 32.3 Å². The first-order chi connectivity index (χ1) is 11.3. The van der Waals surface area contributed by atoms with Crippen LogP contribution in [-0.2, 0) is 12.1 Å². The number of amides is 1. The summed E-state index contributed by atoms with van der Waals surface area (Å²) in [7, 11) is 0. The van der Waals surface area contributed by atoms with E-state index in [1.165, 1.54) is 11.1 Å². The minimum atomic E-state index is -0.393. The largest absolute Gasteiger partial charge is 0.358 e. The van der Waals surface area contributed by atoms with E-state index in [-0.39, 0.29) is 5.91 Å². The molecule has 3 nitrogen and oxygen atoms in total. The first-order valence-electron chi connectivity index (χ1n) is 8.54. The van der Waals surface area contributed by atoms with Gasteiger partial charge in [-0.05, 0) is 43.4 Å². The van der Waals surface area contributed by atoms with Crippen molar-refractivity contribution in [1.29, 1.82) is 0 Å². The number of fused-ring (bicyclic) bond motifs is 3. The molecule has 1 amide bonds. The maximum Gasteiger partial charge on any atom is 0.258 e. The minimum Gasteiger partial charge on any atom is -0.358 e. The number of carbonyl (C=O) groups excluding carboxylic acids is 1. The van der Waals surface area contributed by atoms with Crippen molar-refractivity contribution in [2.75, 3.05) is 11.9 Å². The lowest BCUT2D eigenvalue weighted by atomic mass is 9.79. The molecule has 2 aliphatic rings. The highest BCUT2D eigenvalue weighted by molar-refractivity contribution is 6.02. The number of rotatable bonds is 2. The van der Waals surface area contributed by atoms with Gasteiger partial charge in [0, 0.05) is 17.8 Å². The Hall–Kier alpha value is -2.29. The molecule has 1 atom stereocenters. The van der Waals surface area contributed by atoms with Gasteiger partial charge in [-0.1, -0.05) is 43.3 Å². The number of para-hydroxylation sites is 1. The molecule has 1 heterocycles. The molecule has 1 spiro atoms. The summed E-state index contributed by atoms with van der Waals surface area (Å²) in [6.07, 6.45) is 4.11. The van der Waals surface area contributed by atoms with Gasteiger partial charge in [0.15, 0.2) is 0 Å². The van der Waals surface area contributed by atoms with Crippen LogP contribution in [0, 0.1) is 0 Å². The Bertz CT molecular complexity index is 755. The van der Waals surface area contributed by atoms with Gasteiger partial charge in [-0.25, -0.2) is 0 Å². The van der Waals surface area contributed by atoms with Crippen molar-refractivity contribution in [2.45, 2.75) is 38.3 Å². The van der Waals surface area contributed by atoms with Gasteiger partial charge in [-0.2, -0.15) is 0 Å². The molecule has 2 aromatic carbocycles. The maximum atomic E-state index is 13.2. The van der Waals surface area contributed by atoms with Crippen molar-refractivity contribution in [2.24, 2.45) is 0 Å². The van der Waals surface area contributed by atoms with E-state index in [1.807, 2.05) is 24.3 Å². The van der Waals surface area contributed by atoms with Crippen molar-refractivity contribution < 1.29 is 4.79 Å². The van der Waals surface area contributed by atoms with E-state index in [1.54, 1.807) is 0 Å². The van der Waals surface area contributed by atoms with Gasteiger partial charge in [0.25, 0.3) is 5.91 Å². The van der Waals surface area contributed by atoms with Crippen LogP contribution in [0.15, 0.2) is 48.5 Å². The van der Waals surface area contributed by atoms with Crippen molar-refractivity contribution in [1.82, 2.24) is 4.90 Å². The summed E-state index contributed by atoms with van der Waals surface area (Å²) >= 11 is 0. The van der Waals surface area contributed by atoms with Gasteiger partial charge >= 0.3 is 0 Å². The third kappa shape index (κ3) is 2.07. The maximum absolute atomic E-state index is 13.2. The highest BCUT2D eigenvalue weighted by Gasteiger charge is 2.47. The lowest BCUT2D eigenvalue weighted by molar-refractivity contribution is 0.0448. The number of carbonyl (C=O) groups is 1. The SMILES string of the molecule is CCCN1C(=O)c2ccccc2NC12CCCc1ccccc12. The van der Waals surface area contributed by atoms with Crippen molar-refractivity contribution >= 4 is 11.6 Å². The van der Waals surface area contributed by atoms with Crippen LogP contribution < -0.4 is 5.32 Å². The van der Waals surface area contributed by atoms with Crippen LogP contribution in [0.25, 0.3) is 0 Å². The van der Waals surface area contributed by atoms with E-state index >= 15 is 0 Å². The summed E-state index contributed by atoms with van der Waals surface area (Å²) in [4.78, 5) is 15.2. The van der Waals surface area contributed by atoms with Crippen LogP contribution in [0.4, 0.5) is 5.69 Å². The molecule has 0 saturated heterocycles. The standard InChI is InChI=1S/C20H22N2O/c1-2-14-22-19(23)16-10-4-6-12-18(16)21-20(22)13-7-9-15-8-3-5-11-17(15)20/h3-6,8,10-12,21H,2,7,9,13-14H2,1H3. The van der Waals surface area contributed by atoms with Crippen LogP contribution in [0.5, 0.6) is 0 Å². The molecule has 1 aliphatic heterocycles. The molecule has 4 rings (SSSR count). The van der Waals surface area contributed by atoms with Crippen LogP contribution in [0.3, 0.4) is 0 Å². The normalized spacial score (nSPS) is 22.5. The molecule has 0 radical (unpaired) electrons. The number of nitrogens with one attached hydrogen (secondary N) is 1. The van der Waals surface area contributed by atoms with Gasteiger partial charge in [0.2, 0.25) is 0 Å². The molecule has 118 valence electrons. The highest BCUT2D eigenvalue weighted by atomic mass is 16.2. The number of aryl methyl sites for hydroxylation is 1. The monoisotopic (exact) mass is 306 g/mol. The van der Waals surface area contributed by atoms with Crippen molar-refractivity contribution in [3.63, 3.8) is 0 Å². The number of hydrogen-bond donors (Lipinski definition) is 1. The van der Waals surface area contributed by atoms with Gasteiger partial charge in [-0.15, -0.1) is 0 Å². The van der Waals surface area contributed by atoms with Crippen molar-refractivity contribution in [3.8, 4) is 0 Å². The second-order valence-electron chi connectivity index (χ2n) is 6.50. The molecule has 1 unspecified atom stereocenters. The van der Waals surface area contributed by atoms with Gasteiger partial charge in [0.05, 0.1) is 5.56 Å². The van der Waals surface area contributed by atoms with Gasteiger partial charge in [-0.3, -0.25) is 4.79 Å². The summed E-state index contributed by atoms with van der Waals surface area (Å²) in [6, 6.07) is 16.5. The van der Waals surface area contributed by atoms with Gasteiger partial charge in [0.1, 0.15) is 5.66 Å². The molecule has 0 saturated carbocycles. The Morgan fingerprint density at radius 1 is 1.13 bits per heavy atom. The highest BCUT2D eigenvalue weighted by Crippen LogP contribution is 2.45. The van der Waals surface area contributed by atoms with Crippen LogP contribution in [0.1, 0.15) is 47.7 Å². The Morgan fingerprint density at radius 3 is 2.78 bits per heavy atom. The second-order valence-corrected chi connectivity index (χ2v) is 6.50. The summed E-state index contributed by atoms with van der Waals surface area (Å²) < 4.78 is 0. The van der Waals surface area contributed by atoms with Crippen molar-refractivity contribution in [3.05, 3.63) is 65.2 Å². The van der Waals surface area contributed by atoms with E-state index in [9.17, 15) is 4.79 Å². The molecule has 23 heavy (non-hydrogen) atoms. The zero-order valence-corrected chi connectivity index (χ0v) is 13.5. The van der Waals surface area contributed by atoms with E-state index in [0.717, 1.165) is 43.5 Å². The number of hydrogen-bond acceptors (Lipinski definition) is 2. The summed E-state index contributed by atoms with van der Waals surface area (Å²) in [6.45, 7) is 2.91. The summed E-state index contributed by atoms with van der Waals surface area (Å²) in [5.74, 6) is 0.151. The predicted octanol–water partition coefficient (Wildman–Crippen LogP) is 4.15. The zero-order chi connectivity index (χ0) is 15.9. The van der Waals surface area contributed by atoms with Crippen LogP contribution in [-0.4, -0.2) is 17.4 Å². The Morgan fingerprint density at radius 2 is 1.91 bits per heavy atom. The zero-order valence-electron chi connectivity index (χ0n) is 13.5. The number of nitrogens with zero attached hydrogens (tertiary/aromatic N) is 1. The van der Waals surface area contributed by atoms with E-state index in [2.05, 4.69) is 41.4 Å². The molecule has 1 aliphatic carbocycles. The molecule has 3 heteroatoms. The minimum absolute atomic E-state index is 0.151. The molecule has 0 bridgehead atoms. The van der Waals surface area contributed by atoms with Crippen LogP contribution in [0.2, 0.25) is 0 Å². The third-order valence-corrected chi connectivity index (χ3v) is 5.10. The first-order valence-corrected chi connectivity index (χ1v) is 8.54. The Labute approximate surface area is 137 Å². The fraction of sp³-hybridized carbons (Fsp3) is 0.350.